The number of carbonyl (C=O) groups excluding carboxylic acids is 2. The van der Waals surface area contributed by atoms with E-state index < -0.39 is 0 Å². The first-order valence-corrected chi connectivity index (χ1v) is 8.72. The Morgan fingerprint density at radius 1 is 1.29 bits per heavy atom. The minimum absolute atomic E-state index is 0.176. The Labute approximate surface area is 128 Å². The molecule has 4 heterocycles. The van der Waals surface area contributed by atoms with E-state index in [9.17, 15) is 9.59 Å². The van der Waals surface area contributed by atoms with Crippen LogP contribution >= 0.6 is 11.3 Å². The zero-order chi connectivity index (χ0) is 14.4. The molecule has 3 fully saturated rings. The number of amides is 2. The van der Waals surface area contributed by atoms with Crippen LogP contribution in [0.4, 0.5) is 0 Å². The molecule has 3 aliphatic heterocycles. The van der Waals surface area contributed by atoms with Gasteiger partial charge in [0.15, 0.2) is 0 Å². The molecule has 0 spiro atoms. The minimum Gasteiger partial charge on any atom is -0.339 e. The molecule has 112 valence electrons. The molecule has 0 radical (unpaired) electrons. The van der Waals surface area contributed by atoms with Gasteiger partial charge in [-0.2, -0.15) is 0 Å². The maximum absolute atomic E-state index is 12.6. The molecule has 0 N–H and O–H groups in total. The Kier molecular flexibility index (Phi) is 3.25. The second kappa shape index (κ2) is 5.13. The normalized spacial score (nSPS) is 32.0. The first-order chi connectivity index (χ1) is 10.2. The molecule has 3 saturated heterocycles. The van der Waals surface area contributed by atoms with Crippen molar-refractivity contribution in [2.24, 2.45) is 11.8 Å². The van der Waals surface area contributed by atoms with Crippen molar-refractivity contribution < 1.29 is 9.59 Å². The molecule has 4 rings (SSSR count). The average Bonchev–Trinajstić information content (AvgIpc) is 3.02. The van der Waals surface area contributed by atoms with E-state index in [1.165, 1.54) is 17.8 Å². The van der Waals surface area contributed by atoms with Gasteiger partial charge in [0.05, 0.1) is 4.88 Å². The van der Waals surface area contributed by atoms with Crippen LogP contribution in [0.5, 0.6) is 0 Å². The van der Waals surface area contributed by atoms with Crippen LogP contribution < -0.4 is 0 Å². The topological polar surface area (TPSA) is 40.6 Å². The monoisotopic (exact) mass is 304 g/mol. The van der Waals surface area contributed by atoms with E-state index in [0.29, 0.717) is 30.2 Å². The van der Waals surface area contributed by atoms with E-state index in [1.54, 1.807) is 0 Å². The van der Waals surface area contributed by atoms with E-state index >= 15 is 0 Å². The summed E-state index contributed by atoms with van der Waals surface area (Å²) in [7, 11) is 0. The Hall–Kier alpha value is -1.36. The quantitative estimate of drug-likeness (QED) is 0.798. The van der Waals surface area contributed by atoms with Crippen LogP contribution in [0.25, 0.3) is 0 Å². The minimum atomic E-state index is 0.176. The molecule has 3 aliphatic rings. The number of fused-ring (bicyclic) bond motifs is 4. The van der Waals surface area contributed by atoms with E-state index in [1.807, 2.05) is 22.4 Å². The van der Waals surface area contributed by atoms with Crippen molar-refractivity contribution in [3.63, 3.8) is 0 Å². The molecular weight excluding hydrogens is 284 g/mol. The number of nitrogens with zero attached hydrogens (tertiary/aromatic N) is 2. The summed E-state index contributed by atoms with van der Waals surface area (Å²) in [5.74, 6) is 1.45. The van der Waals surface area contributed by atoms with Gasteiger partial charge in [0.25, 0.3) is 5.91 Å². The highest BCUT2D eigenvalue weighted by Crippen LogP contribution is 2.38. The zero-order valence-corrected chi connectivity index (χ0v) is 12.8. The van der Waals surface area contributed by atoms with Crippen LogP contribution in [-0.2, 0) is 4.79 Å². The SMILES string of the molecule is O=C(c1cccs1)N1C[C@H]2C[C@H](C1)[C@H]1CCCC(=O)N1C2. The Bertz CT molecular complexity index is 557. The standard InChI is InChI=1S/C16H20N2O2S/c19-15-5-1-3-13-12-7-11(9-18(13)15)8-17(10-12)16(20)14-4-2-6-21-14/h2,4,6,11-13H,1,3,5,7-10H2/t11-,12-,13-/m1/s1. The van der Waals surface area contributed by atoms with Crippen molar-refractivity contribution in [3.8, 4) is 0 Å². The van der Waals surface area contributed by atoms with Crippen molar-refractivity contribution >= 4 is 23.2 Å². The molecule has 2 amide bonds. The lowest BCUT2D eigenvalue weighted by atomic mass is 9.76. The Balaban J connectivity index is 1.53. The summed E-state index contributed by atoms with van der Waals surface area (Å²) in [4.78, 5) is 29.7. The van der Waals surface area contributed by atoms with Gasteiger partial charge in [-0.1, -0.05) is 6.07 Å². The average molecular weight is 304 g/mol. The number of hydrogen-bond acceptors (Lipinski definition) is 3. The second-order valence-corrected chi connectivity index (χ2v) is 7.50. The number of thiophene rings is 1. The molecule has 4 nitrogen and oxygen atoms in total. The summed E-state index contributed by atoms with van der Waals surface area (Å²) >= 11 is 1.52. The lowest BCUT2D eigenvalue weighted by Crippen LogP contribution is -2.61. The number of hydrogen-bond donors (Lipinski definition) is 0. The largest absolute Gasteiger partial charge is 0.339 e. The van der Waals surface area contributed by atoms with E-state index in [2.05, 4.69) is 4.90 Å². The van der Waals surface area contributed by atoms with Crippen LogP contribution in [-0.4, -0.2) is 47.3 Å². The molecule has 21 heavy (non-hydrogen) atoms. The van der Waals surface area contributed by atoms with Gasteiger partial charge in [-0.3, -0.25) is 9.59 Å². The fraction of sp³-hybridized carbons (Fsp3) is 0.625. The Morgan fingerprint density at radius 3 is 3.00 bits per heavy atom. The van der Waals surface area contributed by atoms with E-state index in [-0.39, 0.29) is 5.91 Å². The van der Waals surface area contributed by atoms with Crippen LogP contribution in [0, 0.1) is 11.8 Å². The molecular formula is C16H20N2O2S. The summed E-state index contributed by atoms with van der Waals surface area (Å²) < 4.78 is 0. The number of rotatable bonds is 1. The molecule has 0 aliphatic carbocycles. The summed E-state index contributed by atoms with van der Waals surface area (Å²) in [5.41, 5.74) is 0. The molecule has 2 bridgehead atoms. The predicted octanol–water partition coefficient (Wildman–Crippen LogP) is 2.22. The van der Waals surface area contributed by atoms with Crippen LogP contribution in [0.2, 0.25) is 0 Å². The van der Waals surface area contributed by atoms with Crippen molar-refractivity contribution in [2.75, 3.05) is 19.6 Å². The maximum atomic E-state index is 12.6. The summed E-state index contributed by atoms with van der Waals surface area (Å²) in [5, 5.41) is 1.96. The fourth-order valence-electron chi connectivity index (χ4n) is 4.33. The van der Waals surface area contributed by atoms with Gasteiger partial charge in [-0.05, 0) is 42.5 Å². The summed E-state index contributed by atoms with van der Waals surface area (Å²) in [6, 6.07) is 4.22. The highest BCUT2D eigenvalue weighted by Gasteiger charge is 2.44. The molecule has 1 aromatic rings. The van der Waals surface area contributed by atoms with Crippen molar-refractivity contribution in [3.05, 3.63) is 22.4 Å². The number of piperidine rings is 3. The number of carbonyl (C=O) groups is 2. The molecule has 3 atom stereocenters. The maximum Gasteiger partial charge on any atom is 0.263 e. The summed E-state index contributed by atoms with van der Waals surface area (Å²) in [6.07, 6.45) is 4.03. The van der Waals surface area contributed by atoms with Crippen molar-refractivity contribution in [1.29, 1.82) is 0 Å². The smallest absolute Gasteiger partial charge is 0.263 e. The van der Waals surface area contributed by atoms with Crippen molar-refractivity contribution in [2.45, 2.75) is 31.7 Å². The molecule has 0 unspecified atom stereocenters. The highest BCUT2D eigenvalue weighted by atomic mass is 32.1. The van der Waals surface area contributed by atoms with Gasteiger partial charge in [0, 0.05) is 32.1 Å². The lowest BCUT2D eigenvalue weighted by Gasteiger charge is -2.52. The second-order valence-electron chi connectivity index (χ2n) is 6.55. The van der Waals surface area contributed by atoms with Gasteiger partial charge in [-0.25, -0.2) is 0 Å². The third-order valence-electron chi connectivity index (χ3n) is 5.20. The van der Waals surface area contributed by atoms with Crippen molar-refractivity contribution in [1.82, 2.24) is 9.80 Å². The summed E-state index contributed by atoms with van der Waals surface area (Å²) in [6.45, 7) is 2.49. The van der Waals surface area contributed by atoms with E-state index in [4.69, 9.17) is 0 Å². The molecule has 1 aromatic heterocycles. The molecule has 5 heteroatoms. The van der Waals surface area contributed by atoms with Gasteiger partial charge < -0.3 is 9.80 Å². The Morgan fingerprint density at radius 2 is 2.19 bits per heavy atom. The van der Waals surface area contributed by atoms with Crippen LogP contribution in [0.1, 0.15) is 35.4 Å². The highest BCUT2D eigenvalue weighted by molar-refractivity contribution is 7.12. The van der Waals surface area contributed by atoms with Gasteiger partial charge >= 0.3 is 0 Å². The van der Waals surface area contributed by atoms with Gasteiger partial charge in [0.2, 0.25) is 5.91 Å². The van der Waals surface area contributed by atoms with Gasteiger partial charge in [0.1, 0.15) is 0 Å². The first-order valence-electron chi connectivity index (χ1n) is 7.84. The van der Waals surface area contributed by atoms with Gasteiger partial charge in [-0.15, -0.1) is 11.3 Å². The zero-order valence-electron chi connectivity index (χ0n) is 12.0. The predicted molar refractivity (Wildman–Crippen MR) is 81.2 cm³/mol. The fourth-order valence-corrected chi connectivity index (χ4v) is 5.02. The third kappa shape index (κ3) is 2.27. The first kappa shape index (κ1) is 13.3. The molecule has 0 saturated carbocycles. The lowest BCUT2D eigenvalue weighted by molar-refractivity contribution is -0.144. The number of likely N-dealkylation sites (tertiary alicyclic amines) is 1. The van der Waals surface area contributed by atoms with E-state index in [0.717, 1.165) is 37.4 Å². The molecule has 0 aromatic carbocycles. The van der Waals surface area contributed by atoms with Crippen LogP contribution in [0.15, 0.2) is 17.5 Å². The third-order valence-corrected chi connectivity index (χ3v) is 6.06. The van der Waals surface area contributed by atoms with Crippen LogP contribution in [0.3, 0.4) is 0 Å².